The zero-order valence-corrected chi connectivity index (χ0v) is 16.6. The van der Waals surface area contributed by atoms with Crippen LogP contribution < -0.4 is 0 Å². The van der Waals surface area contributed by atoms with Gasteiger partial charge in [0.2, 0.25) is 0 Å². The van der Waals surface area contributed by atoms with E-state index >= 15 is 0 Å². The van der Waals surface area contributed by atoms with Gasteiger partial charge >= 0.3 is 12.1 Å². The Labute approximate surface area is 160 Å². The number of carbonyl (C=O) groups excluding carboxylic acids is 2. The topological polar surface area (TPSA) is 74.1 Å². The molecule has 6 nitrogen and oxygen atoms in total. The van der Waals surface area contributed by atoms with Crippen LogP contribution in [0.1, 0.15) is 71.3 Å². The molecular weight excluding hydrogens is 375 g/mol. The minimum absolute atomic E-state index is 0.0503. The first-order chi connectivity index (χ1) is 12.8. The molecule has 0 spiro atoms. The summed E-state index contributed by atoms with van der Waals surface area (Å²) in [5.74, 6) is -0.781. The first-order valence-corrected chi connectivity index (χ1v) is 8.50. The molecule has 0 saturated carbocycles. The van der Waals surface area contributed by atoms with Gasteiger partial charge in [-0.3, -0.25) is 9.78 Å². The predicted molar refractivity (Wildman–Crippen MR) is 95.3 cm³/mol. The molecule has 0 bridgehead atoms. The molecule has 0 N–H and O–H groups in total. The van der Waals surface area contributed by atoms with E-state index < -0.39 is 28.9 Å². The monoisotopic (exact) mass is 397 g/mol. The second-order valence-electron chi connectivity index (χ2n) is 7.48. The van der Waals surface area contributed by atoms with Gasteiger partial charge in [0, 0.05) is 29.8 Å². The van der Waals surface area contributed by atoms with E-state index in [1.165, 1.54) is 7.11 Å². The molecule has 0 unspecified atom stereocenters. The van der Waals surface area contributed by atoms with Crippen LogP contribution in [-0.4, -0.2) is 33.4 Å². The van der Waals surface area contributed by atoms with Crippen molar-refractivity contribution in [1.82, 2.24) is 14.5 Å². The van der Waals surface area contributed by atoms with Crippen molar-refractivity contribution in [1.29, 1.82) is 0 Å². The summed E-state index contributed by atoms with van der Waals surface area (Å²) in [4.78, 5) is 31.6. The molecule has 0 atom stereocenters. The number of rotatable bonds is 4. The van der Waals surface area contributed by atoms with E-state index in [0.717, 1.165) is 19.2 Å². The zero-order chi connectivity index (χ0) is 21.4. The van der Waals surface area contributed by atoms with E-state index in [-0.39, 0.29) is 23.5 Å². The van der Waals surface area contributed by atoms with Crippen LogP contribution in [-0.2, 0) is 22.9 Å². The number of aromatic nitrogens is 3. The number of ether oxygens (including phenoxy) is 1. The fourth-order valence-electron chi connectivity index (χ4n) is 2.83. The number of Topliss-reactive ketones (excluding diaryl/α,β-unsaturated/α-hetero) is 1. The van der Waals surface area contributed by atoms with Crippen molar-refractivity contribution in [2.24, 2.45) is 0 Å². The largest absolute Gasteiger partial charge is 0.464 e. The average molecular weight is 397 g/mol. The molecule has 2 heterocycles. The number of alkyl halides is 3. The number of esters is 1. The van der Waals surface area contributed by atoms with Crippen LogP contribution in [0.4, 0.5) is 13.2 Å². The van der Waals surface area contributed by atoms with E-state index in [1.54, 1.807) is 11.5 Å². The lowest BCUT2D eigenvalue weighted by Gasteiger charge is -2.22. The molecule has 2 aromatic heterocycles. The van der Waals surface area contributed by atoms with Crippen molar-refractivity contribution in [3.8, 4) is 0 Å². The van der Waals surface area contributed by atoms with Gasteiger partial charge in [0.05, 0.1) is 19.2 Å². The Balaban J connectivity index is 2.67. The number of methoxy groups -OCH3 is 1. The van der Waals surface area contributed by atoms with Gasteiger partial charge in [-0.25, -0.2) is 9.78 Å². The van der Waals surface area contributed by atoms with Crippen molar-refractivity contribution in [2.45, 2.75) is 52.8 Å². The van der Waals surface area contributed by atoms with E-state index in [1.807, 2.05) is 20.8 Å². The van der Waals surface area contributed by atoms with Crippen molar-refractivity contribution < 1.29 is 27.5 Å². The molecule has 0 aromatic carbocycles. The van der Waals surface area contributed by atoms with Crippen LogP contribution in [0, 0.1) is 6.92 Å². The van der Waals surface area contributed by atoms with Gasteiger partial charge in [-0.05, 0) is 13.0 Å². The predicted octanol–water partition coefficient (Wildman–Crippen LogP) is 3.94. The van der Waals surface area contributed by atoms with Crippen LogP contribution in [0.15, 0.2) is 12.3 Å². The Bertz CT molecular complexity index is 925. The number of carbonyl (C=O) groups is 2. The van der Waals surface area contributed by atoms with E-state index in [2.05, 4.69) is 9.97 Å². The Morgan fingerprint density at radius 2 is 1.82 bits per heavy atom. The van der Waals surface area contributed by atoms with E-state index in [4.69, 9.17) is 4.74 Å². The van der Waals surface area contributed by atoms with Gasteiger partial charge in [0.25, 0.3) is 0 Å². The summed E-state index contributed by atoms with van der Waals surface area (Å²) in [6.45, 7) is 8.07. The molecule has 0 aliphatic carbocycles. The summed E-state index contributed by atoms with van der Waals surface area (Å²) in [6, 6.07) is 0.752. The van der Waals surface area contributed by atoms with Gasteiger partial charge in [0.15, 0.2) is 11.5 Å². The lowest BCUT2D eigenvalue weighted by Crippen LogP contribution is -2.22. The number of ketones is 1. The molecule has 0 aliphatic rings. The first kappa shape index (κ1) is 21.6. The highest BCUT2D eigenvalue weighted by molar-refractivity contribution is 5.92. The minimum atomic E-state index is -4.66. The summed E-state index contributed by atoms with van der Waals surface area (Å²) in [7, 11) is 1.21. The number of nitrogens with zero attached hydrogens (tertiary/aromatic N) is 3. The molecule has 0 amide bonds. The van der Waals surface area contributed by atoms with Gasteiger partial charge in [0.1, 0.15) is 11.5 Å². The maximum atomic E-state index is 13.6. The third-order valence-electron chi connectivity index (χ3n) is 4.25. The highest BCUT2D eigenvalue weighted by atomic mass is 19.4. The molecular formula is C19H22F3N3O3. The zero-order valence-electron chi connectivity index (χ0n) is 16.6. The van der Waals surface area contributed by atoms with Crippen molar-refractivity contribution >= 4 is 11.8 Å². The standard InChI is InChI=1S/C19H22F3N3O3/c1-10-15(16(27)28-6)24-17(18(3,4)5)25(10)9-12-8-23-14(11(2)26)7-13(12)19(20,21)22/h7-8H,9H2,1-6H3. The maximum absolute atomic E-state index is 13.6. The highest BCUT2D eigenvalue weighted by Crippen LogP contribution is 2.34. The summed E-state index contributed by atoms with van der Waals surface area (Å²) >= 11 is 0. The van der Waals surface area contributed by atoms with Crippen molar-refractivity contribution in [3.63, 3.8) is 0 Å². The smallest absolute Gasteiger partial charge is 0.416 e. The fourth-order valence-corrected chi connectivity index (χ4v) is 2.83. The third-order valence-corrected chi connectivity index (χ3v) is 4.25. The summed E-state index contributed by atoms with van der Waals surface area (Å²) in [5.41, 5.74) is -1.43. The van der Waals surface area contributed by atoms with Crippen LogP contribution in [0.25, 0.3) is 0 Å². The van der Waals surface area contributed by atoms with Crippen molar-refractivity contribution in [2.75, 3.05) is 7.11 Å². The molecule has 0 saturated heterocycles. The Morgan fingerprint density at radius 1 is 1.21 bits per heavy atom. The lowest BCUT2D eigenvalue weighted by atomic mass is 9.95. The molecule has 28 heavy (non-hydrogen) atoms. The summed E-state index contributed by atoms with van der Waals surface area (Å²) < 4.78 is 47.0. The number of pyridine rings is 1. The van der Waals surface area contributed by atoms with E-state index in [9.17, 15) is 22.8 Å². The van der Waals surface area contributed by atoms with Crippen molar-refractivity contribution in [3.05, 3.63) is 46.3 Å². The maximum Gasteiger partial charge on any atom is 0.416 e. The molecule has 152 valence electrons. The van der Waals surface area contributed by atoms with Gasteiger partial charge in [-0.15, -0.1) is 0 Å². The SMILES string of the molecule is COC(=O)c1nc(C(C)(C)C)n(Cc2cnc(C(C)=O)cc2C(F)(F)F)c1C. The molecule has 0 fully saturated rings. The second-order valence-corrected chi connectivity index (χ2v) is 7.48. The van der Waals surface area contributed by atoms with Gasteiger partial charge in [-0.2, -0.15) is 13.2 Å². The highest BCUT2D eigenvalue weighted by Gasteiger charge is 2.35. The molecule has 0 radical (unpaired) electrons. The van der Waals surface area contributed by atoms with Crippen LogP contribution in [0.3, 0.4) is 0 Å². The summed E-state index contributed by atoms with van der Waals surface area (Å²) in [6.07, 6.45) is -3.62. The van der Waals surface area contributed by atoms with Crippen LogP contribution >= 0.6 is 0 Å². The quantitative estimate of drug-likeness (QED) is 0.577. The summed E-state index contributed by atoms with van der Waals surface area (Å²) in [5, 5.41) is 0. The van der Waals surface area contributed by atoms with Gasteiger partial charge in [-0.1, -0.05) is 20.8 Å². The van der Waals surface area contributed by atoms with E-state index in [0.29, 0.717) is 11.5 Å². The second kappa shape index (κ2) is 7.37. The molecule has 0 aliphatic heterocycles. The fraction of sp³-hybridized carbons (Fsp3) is 0.474. The number of imidazole rings is 1. The Hall–Kier alpha value is -2.71. The number of hydrogen-bond donors (Lipinski definition) is 0. The minimum Gasteiger partial charge on any atom is -0.464 e. The third kappa shape index (κ3) is 4.23. The lowest BCUT2D eigenvalue weighted by molar-refractivity contribution is -0.138. The molecule has 9 heteroatoms. The number of hydrogen-bond acceptors (Lipinski definition) is 5. The number of halogens is 3. The molecule has 2 aromatic rings. The molecule has 2 rings (SSSR count). The van der Waals surface area contributed by atoms with Gasteiger partial charge < -0.3 is 9.30 Å². The first-order valence-electron chi connectivity index (χ1n) is 8.50. The normalized spacial score (nSPS) is 12.2. The Morgan fingerprint density at radius 3 is 2.29 bits per heavy atom. The van der Waals surface area contributed by atoms with Crippen LogP contribution in [0.5, 0.6) is 0 Å². The average Bonchev–Trinajstić information content (AvgIpc) is 2.90. The van der Waals surface area contributed by atoms with Crippen LogP contribution in [0.2, 0.25) is 0 Å². The Kier molecular flexibility index (Phi) is 5.68.